The number of ether oxygens (including phenoxy) is 1. The molecule has 1 nitrogen and oxygen atoms in total. The predicted octanol–water partition coefficient (Wildman–Crippen LogP) is 3.97. The molecule has 0 aliphatic heterocycles. The lowest BCUT2D eigenvalue weighted by molar-refractivity contribution is 0.183. The lowest BCUT2D eigenvalue weighted by Gasteiger charge is -2.31. The zero-order valence-electron chi connectivity index (χ0n) is 13.6. The van der Waals surface area contributed by atoms with E-state index in [-0.39, 0.29) is 5.85 Å². The molecular formula is C21H22OP+. The molecule has 3 aromatic rings. The summed E-state index contributed by atoms with van der Waals surface area (Å²) in [6, 6.07) is 32.4. The van der Waals surface area contributed by atoms with Crippen LogP contribution in [-0.4, -0.2) is 13.0 Å². The van der Waals surface area contributed by atoms with Crippen LogP contribution in [0.5, 0.6) is 0 Å². The van der Waals surface area contributed by atoms with Crippen molar-refractivity contribution in [1.29, 1.82) is 0 Å². The number of rotatable bonds is 5. The van der Waals surface area contributed by atoms with E-state index in [4.69, 9.17) is 4.74 Å². The molecule has 2 heteroatoms. The molecule has 0 aliphatic rings. The van der Waals surface area contributed by atoms with Crippen molar-refractivity contribution in [2.75, 3.05) is 7.11 Å². The number of hydrogen-bond acceptors (Lipinski definition) is 1. The Balaban J connectivity index is 2.35. The fraction of sp³-hybridized carbons (Fsp3) is 0.143. The summed E-state index contributed by atoms with van der Waals surface area (Å²) >= 11 is 0. The first kappa shape index (κ1) is 15.9. The van der Waals surface area contributed by atoms with Crippen molar-refractivity contribution in [2.24, 2.45) is 0 Å². The van der Waals surface area contributed by atoms with Crippen LogP contribution in [0, 0.1) is 0 Å². The minimum absolute atomic E-state index is 0.106. The zero-order valence-corrected chi connectivity index (χ0v) is 14.5. The Morgan fingerprint density at radius 2 is 0.913 bits per heavy atom. The molecular weight excluding hydrogens is 299 g/mol. The molecule has 3 aromatic carbocycles. The smallest absolute Gasteiger partial charge is 0.178 e. The number of methoxy groups -OCH3 is 1. The van der Waals surface area contributed by atoms with Crippen molar-refractivity contribution >= 4 is 23.2 Å². The van der Waals surface area contributed by atoms with Crippen molar-refractivity contribution in [3.8, 4) is 0 Å². The third-order valence-corrected chi connectivity index (χ3v) is 9.02. The van der Waals surface area contributed by atoms with Crippen LogP contribution in [0.25, 0.3) is 0 Å². The summed E-state index contributed by atoms with van der Waals surface area (Å²) < 4.78 is 5.93. The van der Waals surface area contributed by atoms with Gasteiger partial charge in [0.15, 0.2) is 5.85 Å². The molecule has 0 spiro atoms. The third kappa shape index (κ3) is 2.83. The molecule has 0 N–H and O–H groups in total. The van der Waals surface area contributed by atoms with Crippen LogP contribution in [0.2, 0.25) is 0 Å². The largest absolute Gasteiger partial charge is 0.346 e. The molecule has 0 aromatic heterocycles. The summed E-state index contributed by atoms with van der Waals surface area (Å²) in [5, 5.41) is 4.06. The topological polar surface area (TPSA) is 9.23 Å². The fourth-order valence-electron chi connectivity index (χ4n) is 3.22. The highest BCUT2D eigenvalue weighted by molar-refractivity contribution is 7.96. The minimum atomic E-state index is -1.87. The molecule has 0 fully saturated rings. The maximum atomic E-state index is 5.93. The standard InChI is InChI=1S/C21H22OP/c1-18(22-2)23(19-12-6-3-7-13-19,20-14-8-4-9-15-20)21-16-10-5-11-17-21/h3-18H,1-2H3/q+1. The van der Waals surface area contributed by atoms with Gasteiger partial charge in [-0.2, -0.15) is 0 Å². The highest BCUT2D eigenvalue weighted by Gasteiger charge is 2.50. The van der Waals surface area contributed by atoms with Crippen LogP contribution in [0.15, 0.2) is 91.0 Å². The van der Waals surface area contributed by atoms with Gasteiger partial charge >= 0.3 is 0 Å². The Morgan fingerprint density at radius 3 is 1.17 bits per heavy atom. The Kier molecular flexibility index (Phi) is 4.91. The van der Waals surface area contributed by atoms with Gasteiger partial charge in [0, 0.05) is 7.11 Å². The summed E-state index contributed by atoms with van der Waals surface area (Å²) in [5.74, 6) is 0.106. The molecule has 1 unspecified atom stereocenters. The lowest BCUT2D eigenvalue weighted by atomic mass is 10.4. The first-order valence-electron chi connectivity index (χ1n) is 7.88. The van der Waals surface area contributed by atoms with Crippen molar-refractivity contribution in [1.82, 2.24) is 0 Å². The van der Waals surface area contributed by atoms with Gasteiger partial charge in [-0.25, -0.2) is 0 Å². The SMILES string of the molecule is COC(C)[P+](c1ccccc1)(c1ccccc1)c1ccccc1. The highest BCUT2D eigenvalue weighted by atomic mass is 31.2. The summed E-state index contributed by atoms with van der Waals surface area (Å²) in [6.45, 7) is 2.20. The lowest BCUT2D eigenvalue weighted by Crippen LogP contribution is -2.38. The molecule has 23 heavy (non-hydrogen) atoms. The minimum Gasteiger partial charge on any atom is -0.346 e. The van der Waals surface area contributed by atoms with Gasteiger partial charge in [-0.15, -0.1) is 0 Å². The van der Waals surface area contributed by atoms with E-state index in [0.717, 1.165) is 0 Å². The van der Waals surface area contributed by atoms with E-state index in [0.29, 0.717) is 0 Å². The molecule has 0 heterocycles. The average molecular weight is 321 g/mol. The maximum Gasteiger partial charge on any atom is 0.178 e. The van der Waals surface area contributed by atoms with Gasteiger partial charge in [-0.05, 0) is 43.3 Å². The maximum absolute atomic E-state index is 5.93. The van der Waals surface area contributed by atoms with Crippen LogP contribution < -0.4 is 15.9 Å². The van der Waals surface area contributed by atoms with Gasteiger partial charge in [0.2, 0.25) is 0 Å². The zero-order chi connectivity index (χ0) is 16.1. The first-order valence-corrected chi connectivity index (χ1v) is 9.74. The average Bonchev–Trinajstić information content (AvgIpc) is 2.65. The second-order valence-electron chi connectivity index (χ2n) is 5.56. The molecule has 0 amide bonds. The van der Waals surface area contributed by atoms with Crippen LogP contribution >= 0.6 is 7.26 Å². The number of benzene rings is 3. The van der Waals surface area contributed by atoms with Crippen molar-refractivity contribution in [3.05, 3.63) is 91.0 Å². The van der Waals surface area contributed by atoms with E-state index < -0.39 is 7.26 Å². The predicted molar refractivity (Wildman–Crippen MR) is 102 cm³/mol. The summed E-state index contributed by atoms with van der Waals surface area (Å²) in [4.78, 5) is 0. The monoisotopic (exact) mass is 321 g/mol. The molecule has 3 rings (SSSR count). The quantitative estimate of drug-likeness (QED) is 0.646. The second kappa shape index (κ2) is 7.08. The van der Waals surface area contributed by atoms with Crippen molar-refractivity contribution < 1.29 is 4.74 Å². The van der Waals surface area contributed by atoms with Crippen molar-refractivity contribution in [3.63, 3.8) is 0 Å². The molecule has 0 radical (unpaired) electrons. The fourth-order valence-corrected chi connectivity index (χ4v) is 7.62. The Hall–Kier alpha value is -1.95. The Bertz CT molecular complexity index is 629. The highest BCUT2D eigenvalue weighted by Crippen LogP contribution is 2.59. The molecule has 116 valence electrons. The second-order valence-corrected chi connectivity index (χ2v) is 9.29. The normalized spacial score (nSPS) is 12.8. The van der Waals surface area contributed by atoms with Crippen LogP contribution in [0.3, 0.4) is 0 Å². The van der Waals surface area contributed by atoms with E-state index in [1.54, 1.807) is 0 Å². The van der Waals surface area contributed by atoms with Crippen LogP contribution in [0.1, 0.15) is 6.92 Å². The van der Waals surface area contributed by atoms with Gasteiger partial charge in [-0.3, -0.25) is 0 Å². The van der Waals surface area contributed by atoms with Gasteiger partial charge in [0.25, 0.3) is 0 Å². The van der Waals surface area contributed by atoms with Gasteiger partial charge in [-0.1, -0.05) is 54.6 Å². The third-order valence-electron chi connectivity index (χ3n) is 4.38. The van der Waals surface area contributed by atoms with Crippen molar-refractivity contribution in [2.45, 2.75) is 12.8 Å². The van der Waals surface area contributed by atoms with E-state index in [1.807, 2.05) is 7.11 Å². The molecule has 1 atom stereocenters. The molecule has 0 bridgehead atoms. The van der Waals surface area contributed by atoms with Gasteiger partial charge in [0.05, 0.1) is 0 Å². The summed E-state index contributed by atoms with van der Waals surface area (Å²) in [7, 11) is -0.0528. The molecule has 0 saturated heterocycles. The van der Waals surface area contributed by atoms with Gasteiger partial charge in [0.1, 0.15) is 23.2 Å². The number of hydrogen-bond donors (Lipinski definition) is 0. The van der Waals surface area contributed by atoms with Gasteiger partial charge < -0.3 is 4.74 Å². The van der Waals surface area contributed by atoms with E-state index in [9.17, 15) is 0 Å². The summed E-state index contributed by atoms with van der Waals surface area (Å²) in [6.07, 6.45) is 0. The molecule has 0 aliphatic carbocycles. The van der Waals surface area contributed by atoms with E-state index >= 15 is 0 Å². The van der Waals surface area contributed by atoms with E-state index in [2.05, 4.69) is 97.9 Å². The first-order chi connectivity index (χ1) is 11.3. The van der Waals surface area contributed by atoms with E-state index in [1.165, 1.54) is 15.9 Å². The summed E-state index contributed by atoms with van der Waals surface area (Å²) in [5.41, 5.74) is 0. The Morgan fingerprint density at radius 1 is 0.609 bits per heavy atom. The molecule has 0 saturated carbocycles. The Labute approximate surface area is 139 Å². The van der Waals surface area contributed by atoms with Crippen LogP contribution in [-0.2, 0) is 4.74 Å². The van der Waals surface area contributed by atoms with Crippen LogP contribution in [0.4, 0.5) is 0 Å².